The third kappa shape index (κ3) is 3.55. The number of piperidine rings is 1. The van der Waals surface area contributed by atoms with E-state index in [4.69, 9.17) is 9.47 Å². The molecule has 5 fully saturated rings. The number of morpholine rings is 1. The molecule has 0 aromatic carbocycles. The van der Waals surface area contributed by atoms with Gasteiger partial charge in [0, 0.05) is 69.8 Å². The first-order valence-electron chi connectivity index (χ1n) is 11.7. The van der Waals surface area contributed by atoms with Crippen LogP contribution in [0.1, 0.15) is 38.5 Å². The summed E-state index contributed by atoms with van der Waals surface area (Å²) in [6.07, 6.45) is 8.25. The van der Waals surface area contributed by atoms with E-state index in [-0.39, 0.29) is 5.79 Å². The van der Waals surface area contributed by atoms with E-state index in [2.05, 4.69) is 31.6 Å². The monoisotopic (exact) mass is 410 g/mol. The number of hydrogen-bond donors (Lipinski definition) is 0. The SMILES string of the molecule is C1CCN(N2CCC(C3CCCO3)C2(N2CCOCC2)N2CCSCC2)CC1. The van der Waals surface area contributed by atoms with Crippen LogP contribution in [0.25, 0.3) is 0 Å². The summed E-state index contributed by atoms with van der Waals surface area (Å²) >= 11 is 2.12. The minimum absolute atomic E-state index is 0.00287. The van der Waals surface area contributed by atoms with Crippen LogP contribution in [0.15, 0.2) is 0 Å². The number of nitrogens with zero attached hydrogens (tertiary/aromatic N) is 4. The number of hydrogen-bond acceptors (Lipinski definition) is 7. The van der Waals surface area contributed by atoms with Crippen LogP contribution in [-0.4, -0.2) is 109 Å². The van der Waals surface area contributed by atoms with Gasteiger partial charge in [0.1, 0.15) is 5.79 Å². The molecule has 6 nitrogen and oxygen atoms in total. The van der Waals surface area contributed by atoms with Gasteiger partial charge in [-0.2, -0.15) is 11.8 Å². The molecule has 5 saturated heterocycles. The van der Waals surface area contributed by atoms with Crippen molar-refractivity contribution in [3.63, 3.8) is 0 Å². The first-order chi connectivity index (χ1) is 13.9. The molecule has 5 aliphatic rings. The fraction of sp³-hybridized carbons (Fsp3) is 1.00. The lowest BCUT2D eigenvalue weighted by Gasteiger charge is -2.60. The van der Waals surface area contributed by atoms with Crippen molar-refractivity contribution < 1.29 is 9.47 Å². The highest BCUT2D eigenvalue weighted by Gasteiger charge is 2.61. The minimum atomic E-state index is -0.00287. The summed E-state index contributed by atoms with van der Waals surface area (Å²) in [6, 6.07) is 0. The standard InChI is InChI=1S/C21H38N4O2S/c1-2-7-24(8-3-1)25-9-6-19(20-5-4-14-27-20)21(25,22-10-15-26-16-11-22)23-12-17-28-18-13-23/h19-20H,1-18H2. The lowest BCUT2D eigenvalue weighted by molar-refractivity contribution is -0.267. The Kier molecular flexibility index (Phi) is 6.50. The molecule has 3 unspecified atom stereocenters. The van der Waals surface area contributed by atoms with Crippen LogP contribution in [-0.2, 0) is 9.47 Å². The third-order valence-electron chi connectivity index (χ3n) is 7.57. The van der Waals surface area contributed by atoms with Gasteiger partial charge in [0.05, 0.1) is 19.3 Å². The molecule has 0 bridgehead atoms. The van der Waals surface area contributed by atoms with Crippen LogP contribution in [0.3, 0.4) is 0 Å². The average molecular weight is 411 g/mol. The van der Waals surface area contributed by atoms with E-state index in [0.29, 0.717) is 12.0 Å². The highest BCUT2D eigenvalue weighted by atomic mass is 32.2. The Labute approximate surface area is 174 Å². The van der Waals surface area contributed by atoms with Gasteiger partial charge in [0.15, 0.2) is 0 Å². The van der Waals surface area contributed by atoms with Gasteiger partial charge in [-0.1, -0.05) is 6.42 Å². The maximum atomic E-state index is 6.37. The highest BCUT2D eigenvalue weighted by molar-refractivity contribution is 7.99. The molecule has 160 valence electrons. The Balaban J connectivity index is 1.54. The van der Waals surface area contributed by atoms with Gasteiger partial charge in [-0.3, -0.25) is 9.80 Å². The van der Waals surface area contributed by atoms with Gasteiger partial charge >= 0.3 is 0 Å². The third-order valence-corrected chi connectivity index (χ3v) is 8.51. The second-order valence-electron chi connectivity index (χ2n) is 8.97. The van der Waals surface area contributed by atoms with E-state index in [9.17, 15) is 0 Å². The van der Waals surface area contributed by atoms with E-state index >= 15 is 0 Å². The molecule has 5 aliphatic heterocycles. The second-order valence-corrected chi connectivity index (χ2v) is 10.2. The molecule has 0 spiro atoms. The lowest BCUT2D eigenvalue weighted by Crippen LogP contribution is -2.76. The molecule has 28 heavy (non-hydrogen) atoms. The van der Waals surface area contributed by atoms with E-state index in [1.165, 1.54) is 82.8 Å². The molecule has 0 aromatic rings. The maximum Gasteiger partial charge on any atom is 0.149 e. The van der Waals surface area contributed by atoms with Crippen molar-refractivity contribution in [2.75, 3.05) is 77.1 Å². The molecular formula is C21H38N4O2S. The van der Waals surface area contributed by atoms with E-state index in [0.717, 1.165) is 32.9 Å². The molecule has 0 aliphatic carbocycles. The largest absolute Gasteiger partial charge is 0.379 e. The minimum Gasteiger partial charge on any atom is -0.379 e. The predicted octanol–water partition coefficient (Wildman–Crippen LogP) is 1.92. The first-order valence-corrected chi connectivity index (χ1v) is 12.9. The molecule has 0 aromatic heterocycles. The quantitative estimate of drug-likeness (QED) is 0.700. The van der Waals surface area contributed by atoms with Gasteiger partial charge in [0.25, 0.3) is 0 Å². The van der Waals surface area contributed by atoms with Crippen molar-refractivity contribution in [3.8, 4) is 0 Å². The molecular weight excluding hydrogens is 372 g/mol. The summed E-state index contributed by atoms with van der Waals surface area (Å²) in [5.41, 5.74) is 0. The Morgan fingerprint density at radius 1 is 0.714 bits per heavy atom. The molecule has 7 heteroatoms. The van der Waals surface area contributed by atoms with Gasteiger partial charge in [-0.15, -0.1) is 0 Å². The van der Waals surface area contributed by atoms with Crippen LogP contribution in [0.4, 0.5) is 0 Å². The zero-order valence-electron chi connectivity index (χ0n) is 17.4. The fourth-order valence-corrected chi connectivity index (χ4v) is 7.32. The van der Waals surface area contributed by atoms with Crippen molar-refractivity contribution in [1.82, 2.24) is 19.8 Å². The molecule has 0 amide bonds. The zero-order chi connectivity index (χ0) is 18.8. The van der Waals surface area contributed by atoms with Gasteiger partial charge in [0.2, 0.25) is 0 Å². The van der Waals surface area contributed by atoms with Crippen molar-refractivity contribution in [2.24, 2.45) is 5.92 Å². The second kappa shape index (κ2) is 9.08. The Morgan fingerprint density at radius 3 is 2.18 bits per heavy atom. The fourth-order valence-electron chi connectivity index (χ4n) is 6.41. The van der Waals surface area contributed by atoms with Crippen molar-refractivity contribution in [1.29, 1.82) is 0 Å². The van der Waals surface area contributed by atoms with Crippen LogP contribution in [0, 0.1) is 5.92 Å². The molecule has 3 atom stereocenters. The zero-order valence-corrected chi connectivity index (χ0v) is 18.2. The van der Waals surface area contributed by atoms with Crippen molar-refractivity contribution in [2.45, 2.75) is 50.4 Å². The van der Waals surface area contributed by atoms with Gasteiger partial charge in [-0.05, 0) is 32.1 Å². The summed E-state index contributed by atoms with van der Waals surface area (Å²) in [7, 11) is 0. The Bertz CT molecular complexity index is 483. The lowest BCUT2D eigenvalue weighted by atomic mass is 9.89. The smallest absolute Gasteiger partial charge is 0.149 e. The average Bonchev–Trinajstić information content (AvgIpc) is 3.44. The van der Waals surface area contributed by atoms with Gasteiger partial charge < -0.3 is 9.47 Å². The molecule has 0 saturated carbocycles. The normalized spacial score (nSPS) is 40.3. The number of rotatable bonds is 4. The van der Waals surface area contributed by atoms with E-state index in [1.54, 1.807) is 0 Å². The van der Waals surface area contributed by atoms with Crippen LogP contribution < -0.4 is 0 Å². The van der Waals surface area contributed by atoms with Crippen LogP contribution in [0.5, 0.6) is 0 Å². The summed E-state index contributed by atoms with van der Waals surface area (Å²) in [5.74, 6) is 3.10. The molecule has 5 rings (SSSR count). The van der Waals surface area contributed by atoms with Crippen molar-refractivity contribution >= 4 is 11.8 Å². The Morgan fingerprint density at radius 2 is 1.46 bits per heavy atom. The van der Waals surface area contributed by atoms with E-state index in [1.807, 2.05) is 0 Å². The summed E-state index contributed by atoms with van der Waals surface area (Å²) in [4.78, 5) is 5.67. The number of hydrazine groups is 1. The van der Waals surface area contributed by atoms with Gasteiger partial charge in [-0.25, -0.2) is 10.0 Å². The summed E-state index contributed by atoms with van der Waals surface area (Å²) in [6.45, 7) is 10.9. The first kappa shape index (κ1) is 20.0. The molecule has 5 heterocycles. The van der Waals surface area contributed by atoms with Crippen LogP contribution >= 0.6 is 11.8 Å². The molecule has 0 radical (unpaired) electrons. The number of thioether (sulfide) groups is 1. The van der Waals surface area contributed by atoms with Crippen LogP contribution in [0.2, 0.25) is 0 Å². The molecule has 0 N–H and O–H groups in total. The topological polar surface area (TPSA) is 31.4 Å². The highest BCUT2D eigenvalue weighted by Crippen LogP contribution is 2.47. The number of ether oxygens (including phenoxy) is 2. The summed E-state index contributed by atoms with van der Waals surface area (Å²) < 4.78 is 12.2. The maximum absolute atomic E-state index is 6.37. The summed E-state index contributed by atoms with van der Waals surface area (Å²) in [5, 5.41) is 5.56. The van der Waals surface area contributed by atoms with E-state index < -0.39 is 0 Å². The Hall–Kier alpha value is 0.110. The predicted molar refractivity (Wildman–Crippen MR) is 113 cm³/mol. The van der Waals surface area contributed by atoms with Crippen molar-refractivity contribution in [3.05, 3.63) is 0 Å².